The van der Waals surface area contributed by atoms with Crippen molar-refractivity contribution in [2.75, 3.05) is 131 Å². The maximum Gasteiger partial charge on any atom is 0.242 e. The molecule has 4 aliphatic rings. The third-order valence-electron chi connectivity index (χ3n) is 24.6. The van der Waals surface area contributed by atoms with Gasteiger partial charge in [0.05, 0.1) is 48.6 Å². The quantitative estimate of drug-likeness (QED) is 0.0653. The second-order valence-corrected chi connectivity index (χ2v) is 33.8. The molecule has 8 aromatic carbocycles. The Balaban J connectivity index is 0.000000126. The predicted octanol–water partition coefficient (Wildman–Crippen LogP) is 14.9. The zero-order valence-electron chi connectivity index (χ0n) is 77.2. The lowest BCUT2D eigenvalue weighted by Gasteiger charge is -2.35. The molecule has 0 radical (unpaired) electrons. The number of H-pyrrole nitrogens is 1. The molecule has 4 fully saturated rings. The van der Waals surface area contributed by atoms with Crippen molar-refractivity contribution >= 4 is 58.2 Å². The van der Waals surface area contributed by atoms with Crippen molar-refractivity contribution in [2.45, 2.75) is 33.1 Å². The lowest BCUT2D eigenvalue weighted by molar-refractivity contribution is -0.132. The van der Waals surface area contributed by atoms with Crippen LogP contribution in [0.3, 0.4) is 0 Å². The summed E-state index contributed by atoms with van der Waals surface area (Å²) in [7, 11) is 1.56. The van der Waals surface area contributed by atoms with Gasteiger partial charge in [0.15, 0.2) is 23.1 Å². The van der Waals surface area contributed by atoms with E-state index in [2.05, 4.69) is 74.7 Å². The van der Waals surface area contributed by atoms with Crippen LogP contribution in [-0.4, -0.2) is 243 Å². The van der Waals surface area contributed by atoms with Gasteiger partial charge >= 0.3 is 0 Å². The number of imidazole rings is 5. The highest BCUT2D eigenvalue weighted by Crippen LogP contribution is 2.34. The van der Waals surface area contributed by atoms with Crippen LogP contribution in [0.2, 0.25) is 0 Å². The van der Waals surface area contributed by atoms with Crippen LogP contribution in [0.15, 0.2) is 269 Å². The Bertz CT molecular complexity index is 7280. The van der Waals surface area contributed by atoms with Gasteiger partial charge in [-0.2, -0.15) is 5.10 Å². The second kappa shape index (κ2) is 43.8. The highest BCUT2D eigenvalue weighted by Gasteiger charge is 2.31. The van der Waals surface area contributed by atoms with Crippen molar-refractivity contribution in [3.8, 4) is 96.5 Å². The van der Waals surface area contributed by atoms with E-state index in [0.717, 1.165) is 57.6 Å². The molecule has 17 aromatic rings. The van der Waals surface area contributed by atoms with Gasteiger partial charge in [-0.1, -0.05) is 0 Å². The minimum absolute atomic E-state index is 0.0347. The van der Waals surface area contributed by atoms with Gasteiger partial charge in [0.1, 0.15) is 120 Å². The van der Waals surface area contributed by atoms with E-state index < -0.39 is 5.82 Å². The first kappa shape index (κ1) is 95.9. The summed E-state index contributed by atoms with van der Waals surface area (Å²) in [5, 5.41) is 8.06. The number of nitrogens with zero attached hydrogens (tertiary/aromatic N) is 25. The molecule has 0 bridgehead atoms. The van der Waals surface area contributed by atoms with Gasteiger partial charge in [-0.25, -0.2) is 94.3 Å². The van der Waals surface area contributed by atoms with Crippen LogP contribution < -0.4 is 24.3 Å². The van der Waals surface area contributed by atoms with Crippen LogP contribution in [0.25, 0.3) is 102 Å². The molecule has 726 valence electrons. The van der Waals surface area contributed by atoms with E-state index in [0.29, 0.717) is 196 Å². The first-order chi connectivity index (χ1) is 69.5. The van der Waals surface area contributed by atoms with Gasteiger partial charge in [-0.15, -0.1) is 5.10 Å². The molecule has 0 unspecified atom stereocenters. The average molecular weight is 1940 g/mol. The summed E-state index contributed by atoms with van der Waals surface area (Å²) < 4.78 is 133. The Morgan fingerprint density at radius 2 is 0.671 bits per heavy atom. The van der Waals surface area contributed by atoms with Crippen LogP contribution >= 0.6 is 0 Å². The van der Waals surface area contributed by atoms with Crippen LogP contribution in [-0.2, 0) is 45.4 Å². The monoisotopic (exact) mass is 1940 g/mol. The molecule has 13 heterocycles. The molecule has 0 spiro atoms. The number of aryl methyl sites for hydroxylation is 1. The molecule has 4 amide bonds. The van der Waals surface area contributed by atoms with Crippen molar-refractivity contribution < 1.29 is 63.4 Å². The van der Waals surface area contributed by atoms with Crippen LogP contribution in [0.4, 0.5) is 62.9 Å². The fraction of sp³-hybridized carbons (Fsp3) is 0.214. The molecule has 21 rings (SSSR count). The van der Waals surface area contributed by atoms with Crippen molar-refractivity contribution in [3.63, 3.8) is 0 Å². The number of carbonyl (C=O) groups is 4. The lowest BCUT2D eigenvalue weighted by Crippen LogP contribution is -2.50. The minimum Gasteiger partial charge on any atom is -0.481 e. The number of halogens is 9. The fourth-order valence-corrected chi connectivity index (χ4v) is 16.9. The van der Waals surface area contributed by atoms with Gasteiger partial charge in [-0.05, 0) is 213 Å². The highest BCUT2D eigenvalue weighted by atomic mass is 19.2. The van der Waals surface area contributed by atoms with Crippen molar-refractivity contribution in [1.82, 2.24) is 108 Å². The van der Waals surface area contributed by atoms with Gasteiger partial charge in [0.2, 0.25) is 35.5 Å². The summed E-state index contributed by atoms with van der Waals surface area (Å²) in [4.78, 5) is 119. The van der Waals surface area contributed by atoms with Crippen molar-refractivity contribution in [3.05, 3.63) is 327 Å². The maximum absolute atomic E-state index is 13.8. The zero-order valence-corrected chi connectivity index (χ0v) is 77.2. The number of fused-ring (bicyclic) bond motifs is 1. The lowest BCUT2D eigenvalue weighted by atomic mass is 10.1. The first-order valence-electron chi connectivity index (χ1n) is 45.7. The number of aromatic nitrogens is 18. The number of carbonyl (C=O) groups excluding carboxylic acids is 4. The molecule has 4 saturated heterocycles. The third kappa shape index (κ3) is 23.3. The summed E-state index contributed by atoms with van der Waals surface area (Å²) in [5.74, 6) is 1.87. The number of benzene rings is 8. The highest BCUT2D eigenvalue weighted by molar-refractivity contribution is 5.84. The molecule has 0 saturated carbocycles. The number of piperazine rings is 4. The standard InChI is InChI=1S/C26H23F3N6O.C26H22F2N8O.C26H24F2N6O2.C25H22F2N6O/c1-17-12-19(4-7-22(17)29)23-15-35(25(32-23)18-2-5-20(27)6-3-18)16-24(36)33-8-10-34(11-9-33)26-30-13-21(28)14-31-26;27-19-5-1-17(2-6-19)21-13-36(25(33-21)18-3-7-20(28)8-4-18)14-22(37)34-9-11-35(12-10-34)26-23-24(30-15-29-23)31-16-32-26;1-36-24-14-23(29-17-30-24)32-10-12-33(13-11-32)25(35)16-34-15-22(18-2-6-20(27)7-3-18)31-26(34)19-4-8-21(28)9-5-19;26-20-7-3-18(4-8-20)22-16-33(25(29-22)19-5-9-21(27)10-6-19)17-24(34)32-14-12-31(13-15-32)23-2-1-11-28-30-23/h2-7,12-15H,8-11,16H2,1H3;1-8,13,15-16H,9-12,14H2,(H,29,30,31,32);2-9,14-15,17H,10-13,16H2,1H3;1-11,16H,12-15,17H2. The number of hydrogen-bond acceptors (Lipinski definition) is 22. The maximum atomic E-state index is 13.8. The Hall–Kier alpha value is -17.4. The summed E-state index contributed by atoms with van der Waals surface area (Å²) in [6.07, 6.45) is 15.5. The number of aromatic amines is 1. The summed E-state index contributed by atoms with van der Waals surface area (Å²) in [6, 6.07) is 52.1. The first-order valence-corrected chi connectivity index (χ1v) is 45.7. The average Bonchev–Trinajstić information content (AvgIpc) is 1.80. The van der Waals surface area contributed by atoms with Crippen molar-refractivity contribution in [1.29, 1.82) is 0 Å². The molecular formula is C103H91F9N26O5. The van der Waals surface area contributed by atoms with Gasteiger partial charge in [0.25, 0.3) is 0 Å². The predicted molar refractivity (Wildman–Crippen MR) is 516 cm³/mol. The van der Waals surface area contributed by atoms with Gasteiger partial charge in [-0.3, -0.25) is 19.2 Å². The minimum atomic E-state index is -0.500. The fourth-order valence-electron chi connectivity index (χ4n) is 16.9. The number of hydrogen-bond donors (Lipinski definition) is 1. The third-order valence-corrected chi connectivity index (χ3v) is 24.6. The van der Waals surface area contributed by atoms with E-state index in [9.17, 15) is 58.7 Å². The van der Waals surface area contributed by atoms with Crippen molar-refractivity contribution in [2.24, 2.45) is 0 Å². The number of anilines is 4. The molecule has 4 aliphatic heterocycles. The SMILES string of the molecule is COc1cc(N2CCN(C(=O)Cn3cc(-c4ccc(F)cc4)nc3-c3ccc(F)cc3)CC2)ncn1.Cc1cc(-c2cn(CC(=O)N3CCN(c4ncc(F)cn4)CC3)c(-c3ccc(F)cc3)n2)ccc1F.O=C(Cn1cc(-c2ccc(F)cc2)nc1-c1ccc(F)cc1)N1CCN(c2cccnn2)CC1.O=C(Cn1cc(-c2ccc(F)cc2)nc1-c1ccc(F)cc1)N1CCN(c2ncnc3nc[nH]c23)CC1. The Morgan fingerprint density at radius 1 is 0.336 bits per heavy atom. The Kier molecular flexibility index (Phi) is 29.4. The topological polar surface area (TPSA) is 307 Å². The molecule has 9 aromatic heterocycles. The smallest absolute Gasteiger partial charge is 0.242 e. The summed E-state index contributed by atoms with van der Waals surface area (Å²) >= 11 is 0. The molecule has 0 atom stereocenters. The zero-order chi connectivity index (χ0) is 99.2. The normalized spacial score (nSPS) is 13.8. The summed E-state index contributed by atoms with van der Waals surface area (Å²) in [5.41, 5.74) is 9.88. The molecule has 143 heavy (non-hydrogen) atoms. The van der Waals surface area contributed by atoms with E-state index in [1.54, 1.807) is 183 Å². The number of methoxy groups -OCH3 is 1. The molecule has 40 heteroatoms. The van der Waals surface area contributed by atoms with Crippen LogP contribution in [0, 0.1) is 59.3 Å². The second-order valence-electron chi connectivity index (χ2n) is 33.8. The van der Waals surface area contributed by atoms with E-state index in [1.807, 2.05) is 26.8 Å². The molecule has 1 N–H and O–H groups in total. The number of amides is 4. The molecule has 31 nitrogen and oxygen atoms in total. The van der Waals surface area contributed by atoms with E-state index >= 15 is 0 Å². The van der Waals surface area contributed by atoms with Gasteiger partial charge in [0, 0.05) is 186 Å². The van der Waals surface area contributed by atoms with Crippen LogP contribution in [0.1, 0.15) is 5.56 Å². The van der Waals surface area contributed by atoms with Gasteiger partial charge < -0.3 is 67.2 Å². The number of rotatable bonds is 21. The van der Waals surface area contributed by atoms with E-state index in [1.165, 1.54) is 104 Å². The Morgan fingerprint density at radius 3 is 1.03 bits per heavy atom. The molecular weight excluding hydrogens is 1850 g/mol. The Labute approximate surface area is 812 Å². The number of nitrogens with one attached hydrogen (secondary N) is 1. The molecule has 0 aliphatic carbocycles. The van der Waals surface area contributed by atoms with Crippen LogP contribution in [0.5, 0.6) is 5.88 Å². The summed E-state index contributed by atoms with van der Waals surface area (Å²) in [6.45, 7) is 11.0. The largest absolute Gasteiger partial charge is 0.481 e. The van der Waals surface area contributed by atoms with E-state index in [-0.39, 0.29) is 96.3 Å². The number of ether oxygens (including phenoxy) is 1. The van der Waals surface area contributed by atoms with E-state index in [4.69, 9.17) is 14.7 Å².